The second kappa shape index (κ2) is 5.52. The van der Waals surface area contributed by atoms with Crippen molar-refractivity contribution in [3.63, 3.8) is 0 Å². The van der Waals surface area contributed by atoms with Crippen LogP contribution in [0.2, 0.25) is 0 Å². The maximum Gasteiger partial charge on any atom is 0.226 e. The molecule has 0 bridgehead atoms. The molecule has 1 aromatic heterocycles. The van der Waals surface area contributed by atoms with E-state index in [1.54, 1.807) is 6.07 Å². The molecule has 1 saturated heterocycles. The number of nitrogens with one attached hydrogen (secondary N) is 1. The first-order chi connectivity index (χ1) is 8.97. The molecular weight excluding hydrogens is 240 g/mol. The van der Waals surface area contributed by atoms with Gasteiger partial charge in [0.15, 0.2) is 0 Å². The lowest BCUT2D eigenvalue weighted by Gasteiger charge is -2.26. The molecule has 104 valence electrons. The lowest BCUT2D eigenvalue weighted by Crippen LogP contribution is -2.37. The van der Waals surface area contributed by atoms with Crippen molar-refractivity contribution in [3.8, 4) is 0 Å². The Labute approximate surface area is 114 Å². The van der Waals surface area contributed by atoms with Crippen LogP contribution < -0.4 is 10.6 Å². The van der Waals surface area contributed by atoms with Gasteiger partial charge in [-0.1, -0.05) is 0 Å². The summed E-state index contributed by atoms with van der Waals surface area (Å²) in [5, 5.41) is 7.49. The fourth-order valence-electron chi connectivity index (χ4n) is 2.47. The van der Waals surface area contributed by atoms with Gasteiger partial charge in [0.2, 0.25) is 5.95 Å². The van der Waals surface area contributed by atoms with Gasteiger partial charge in [-0.2, -0.15) is 0 Å². The van der Waals surface area contributed by atoms with Crippen LogP contribution in [0, 0.1) is 12.3 Å². The lowest BCUT2D eigenvalue weighted by molar-refractivity contribution is 0.313. The number of anilines is 1. The van der Waals surface area contributed by atoms with Crippen molar-refractivity contribution in [2.24, 2.45) is 5.73 Å². The third-order valence-electron chi connectivity index (χ3n) is 3.62. The fraction of sp³-hybridized carbons (Fsp3) is 0.615. The SMILES string of the molecule is Cc1cc(C(=N)N)nc(N(C)CC2CCCN2C)n1. The summed E-state index contributed by atoms with van der Waals surface area (Å²) in [7, 11) is 4.15. The maximum absolute atomic E-state index is 7.49. The van der Waals surface area contributed by atoms with Crippen molar-refractivity contribution in [1.29, 1.82) is 5.41 Å². The van der Waals surface area contributed by atoms with Crippen LogP contribution in [0.5, 0.6) is 0 Å². The van der Waals surface area contributed by atoms with Gasteiger partial charge in [0.1, 0.15) is 11.5 Å². The molecule has 1 fully saturated rings. The Morgan fingerprint density at radius 2 is 2.32 bits per heavy atom. The molecule has 1 aromatic rings. The first-order valence-corrected chi connectivity index (χ1v) is 6.59. The van der Waals surface area contributed by atoms with E-state index in [2.05, 4.69) is 21.9 Å². The Balaban J connectivity index is 2.14. The molecule has 1 aliphatic heterocycles. The molecule has 1 unspecified atom stereocenters. The van der Waals surface area contributed by atoms with Crippen LogP contribution in [0.1, 0.15) is 24.2 Å². The number of nitrogen functional groups attached to an aromatic ring is 1. The molecule has 0 aliphatic carbocycles. The zero-order valence-electron chi connectivity index (χ0n) is 11.8. The molecule has 3 N–H and O–H groups in total. The fourth-order valence-corrected chi connectivity index (χ4v) is 2.47. The predicted octanol–water partition coefficient (Wildman–Crippen LogP) is 0.599. The summed E-state index contributed by atoms with van der Waals surface area (Å²) in [4.78, 5) is 13.2. The molecule has 2 rings (SSSR count). The smallest absolute Gasteiger partial charge is 0.226 e. The molecule has 1 atom stereocenters. The molecule has 0 radical (unpaired) electrons. The molecule has 0 aromatic carbocycles. The third-order valence-corrected chi connectivity index (χ3v) is 3.62. The average molecular weight is 262 g/mol. The largest absolute Gasteiger partial charge is 0.382 e. The topological polar surface area (TPSA) is 82.1 Å². The number of aromatic nitrogens is 2. The van der Waals surface area contributed by atoms with Crippen molar-refractivity contribution in [1.82, 2.24) is 14.9 Å². The summed E-state index contributed by atoms with van der Waals surface area (Å²) in [6.07, 6.45) is 2.47. The summed E-state index contributed by atoms with van der Waals surface area (Å²) >= 11 is 0. The van der Waals surface area contributed by atoms with Gasteiger partial charge in [-0.05, 0) is 39.4 Å². The quantitative estimate of drug-likeness (QED) is 0.613. The molecule has 0 spiro atoms. The predicted molar refractivity (Wildman–Crippen MR) is 76.7 cm³/mol. The van der Waals surface area contributed by atoms with E-state index >= 15 is 0 Å². The van der Waals surface area contributed by atoms with Crippen molar-refractivity contribution in [2.45, 2.75) is 25.8 Å². The van der Waals surface area contributed by atoms with Crippen molar-refractivity contribution in [2.75, 3.05) is 32.1 Å². The number of aryl methyl sites for hydroxylation is 1. The molecule has 19 heavy (non-hydrogen) atoms. The highest BCUT2D eigenvalue weighted by molar-refractivity contribution is 5.93. The van der Waals surface area contributed by atoms with Gasteiger partial charge in [0.25, 0.3) is 0 Å². The van der Waals surface area contributed by atoms with Crippen LogP contribution in [0.4, 0.5) is 5.95 Å². The zero-order chi connectivity index (χ0) is 14.0. The van der Waals surface area contributed by atoms with Gasteiger partial charge in [0.05, 0.1) is 0 Å². The Morgan fingerprint density at radius 1 is 1.58 bits per heavy atom. The number of hydrogen-bond acceptors (Lipinski definition) is 5. The number of nitrogens with two attached hydrogens (primary N) is 1. The maximum atomic E-state index is 7.49. The van der Waals surface area contributed by atoms with Crippen LogP contribution in [-0.2, 0) is 0 Å². The van der Waals surface area contributed by atoms with E-state index in [1.807, 2.05) is 18.9 Å². The van der Waals surface area contributed by atoms with E-state index in [0.29, 0.717) is 17.7 Å². The number of rotatable bonds is 4. The highest BCUT2D eigenvalue weighted by Crippen LogP contribution is 2.17. The minimum Gasteiger partial charge on any atom is -0.382 e. The Morgan fingerprint density at radius 3 is 2.89 bits per heavy atom. The van der Waals surface area contributed by atoms with Gasteiger partial charge in [-0.3, -0.25) is 5.41 Å². The Hall–Kier alpha value is -1.69. The highest BCUT2D eigenvalue weighted by Gasteiger charge is 2.23. The number of likely N-dealkylation sites (N-methyl/N-ethyl adjacent to an activating group) is 2. The van der Waals surface area contributed by atoms with Crippen molar-refractivity contribution < 1.29 is 0 Å². The van der Waals surface area contributed by atoms with Crippen LogP contribution >= 0.6 is 0 Å². The summed E-state index contributed by atoms with van der Waals surface area (Å²) in [6.45, 7) is 3.95. The summed E-state index contributed by atoms with van der Waals surface area (Å²) in [6, 6.07) is 2.29. The minimum absolute atomic E-state index is 0.0156. The second-order valence-corrected chi connectivity index (χ2v) is 5.27. The monoisotopic (exact) mass is 262 g/mol. The lowest BCUT2D eigenvalue weighted by atomic mass is 10.2. The Kier molecular flexibility index (Phi) is 3.99. The molecule has 0 saturated carbocycles. The molecule has 0 amide bonds. The minimum atomic E-state index is -0.0156. The standard InChI is InChI=1S/C13H22N6/c1-9-7-11(12(14)15)17-13(16-9)19(3)8-10-5-4-6-18(10)2/h7,10H,4-6,8H2,1-3H3,(H3,14,15). The van der Waals surface area contributed by atoms with E-state index in [1.165, 1.54) is 12.8 Å². The summed E-state index contributed by atoms with van der Waals surface area (Å²) < 4.78 is 0. The molecule has 6 heteroatoms. The number of hydrogen-bond donors (Lipinski definition) is 2. The van der Waals surface area contributed by atoms with Gasteiger partial charge in [-0.15, -0.1) is 0 Å². The van der Waals surface area contributed by atoms with E-state index < -0.39 is 0 Å². The van der Waals surface area contributed by atoms with Crippen LogP contribution in [0.25, 0.3) is 0 Å². The van der Waals surface area contributed by atoms with E-state index in [9.17, 15) is 0 Å². The second-order valence-electron chi connectivity index (χ2n) is 5.27. The van der Waals surface area contributed by atoms with Gasteiger partial charge < -0.3 is 15.5 Å². The van der Waals surface area contributed by atoms with E-state index in [-0.39, 0.29) is 5.84 Å². The first-order valence-electron chi connectivity index (χ1n) is 6.59. The third kappa shape index (κ3) is 3.20. The normalized spacial score (nSPS) is 19.6. The average Bonchev–Trinajstić information content (AvgIpc) is 2.74. The van der Waals surface area contributed by atoms with E-state index in [4.69, 9.17) is 11.1 Å². The molecular formula is C13H22N6. The number of amidine groups is 1. The molecule has 2 heterocycles. The van der Waals surface area contributed by atoms with Crippen molar-refractivity contribution >= 4 is 11.8 Å². The van der Waals surface area contributed by atoms with Crippen LogP contribution in [0.3, 0.4) is 0 Å². The number of likely N-dealkylation sites (tertiary alicyclic amines) is 1. The van der Waals surface area contributed by atoms with Gasteiger partial charge >= 0.3 is 0 Å². The van der Waals surface area contributed by atoms with Crippen LogP contribution in [-0.4, -0.2) is 53.9 Å². The number of nitrogens with zero attached hydrogens (tertiary/aromatic N) is 4. The molecule has 6 nitrogen and oxygen atoms in total. The zero-order valence-corrected chi connectivity index (χ0v) is 11.8. The van der Waals surface area contributed by atoms with E-state index in [0.717, 1.165) is 18.8 Å². The summed E-state index contributed by atoms with van der Waals surface area (Å²) in [5.74, 6) is 0.628. The summed E-state index contributed by atoms with van der Waals surface area (Å²) in [5.41, 5.74) is 6.83. The first kappa shape index (κ1) is 13.7. The van der Waals surface area contributed by atoms with Crippen LogP contribution in [0.15, 0.2) is 6.07 Å². The Bertz CT molecular complexity index is 472. The van der Waals surface area contributed by atoms with Gasteiger partial charge in [-0.25, -0.2) is 9.97 Å². The van der Waals surface area contributed by atoms with Gasteiger partial charge in [0, 0.05) is 25.3 Å². The molecule has 1 aliphatic rings. The highest BCUT2D eigenvalue weighted by atomic mass is 15.3. The van der Waals surface area contributed by atoms with Crippen molar-refractivity contribution in [3.05, 3.63) is 17.5 Å².